The topological polar surface area (TPSA) is 129 Å². The molecule has 0 bridgehead atoms. The summed E-state index contributed by atoms with van der Waals surface area (Å²) in [5.41, 5.74) is 3.36. The average Bonchev–Trinajstić information content (AvgIpc) is 3.58. The number of rotatable bonds is 7. The molecule has 1 aromatic carbocycles. The molecule has 2 heterocycles. The molecule has 2 aliphatic rings. The van der Waals surface area contributed by atoms with Gasteiger partial charge < -0.3 is 25.5 Å². The van der Waals surface area contributed by atoms with Crippen molar-refractivity contribution in [3.63, 3.8) is 0 Å². The summed E-state index contributed by atoms with van der Waals surface area (Å²) in [6, 6.07) is 4.24. The van der Waals surface area contributed by atoms with Gasteiger partial charge in [0, 0.05) is 29.4 Å². The van der Waals surface area contributed by atoms with Crippen molar-refractivity contribution in [3.05, 3.63) is 41.6 Å². The lowest BCUT2D eigenvalue weighted by molar-refractivity contribution is 0.0924. The molecule has 0 spiro atoms. The fourth-order valence-corrected chi connectivity index (χ4v) is 4.72. The molecular formula is C25H28FN5O4. The maximum Gasteiger partial charge on any atom is 0.404 e. The largest absolute Gasteiger partial charge is 0.492 e. The number of benzene rings is 1. The molecule has 9 nitrogen and oxygen atoms in total. The Morgan fingerprint density at radius 1 is 1.11 bits per heavy atom. The first kappa shape index (κ1) is 23.1. The van der Waals surface area contributed by atoms with Crippen LogP contribution in [0.4, 0.5) is 9.18 Å². The summed E-state index contributed by atoms with van der Waals surface area (Å²) in [5, 5.41) is 14.5. The molecule has 0 aliphatic heterocycles. The summed E-state index contributed by atoms with van der Waals surface area (Å²) in [5.74, 6) is 0.301. The molecule has 0 atom stereocenters. The van der Waals surface area contributed by atoms with E-state index in [0.717, 1.165) is 12.8 Å². The van der Waals surface area contributed by atoms with Crippen molar-refractivity contribution in [3.8, 4) is 17.0 Å². The highest BCUT2D eigenvalue weighted by molar-refractivity contribution is 6.09. The van der Waals surface area contributed by atoms with Crippen LogP contribution in [0, 0.1) is 18.7 Å². The highest BCUT2D eigenvalue weighted by Gasteiger charge is 2.27. The minimum absolute atomic E-state index is 0.0421. The van der Waals surface area contributed by atoms with E-state index in [2.05, 4.69) is 25.6 Å². The third-order valence-electron chi connectivity index (χ3n) is 6.76. The van der Waals surface area contributed by atoms with Crippen LogP contribution in [-0.2, 0) is 0 Å². The van der Waals surface area contributed by atoms with Crippen LogP contribution >= 0.6 is 0 Å². The Hall–Kier alpha value is -3.69. The van der Waals surface area contributed by atoms with Gasteiger partial charge in [-0.25, -0.2) is 19.2 Å². The van der Waals surface area contributed by atoms with Crippen molar-refractivity contribution < 1.29 is 23.8 Å². The van der Waals surface area contributed by atoms with Crippen LogP contribution in [0.15, 0.2) is 24.5 Å². The van der Waals surface area contributed by atoms with Gasteiger partial charge in [-0.05, 0) is 63.5 Å². The number of carbonyl (C=O) groups is 2. The zero-order valence-electron chi connectivity index (χ0n) is 19.4. The maximum absolute atomic E-state index is 14.0. The molecule has 184 valence electrons. The molecule has 0 unspecified atom stereocenters. The Morgan fingerprint density at radius 3 is 2.51 bits per heavy atom. The van der Waals surface area contributed by atoms with Crippen LogP contribution in [0.5, 0.6) is 5.75 Å². The fraction of sp³-hybridized carbons (Fsp3) is 0.440. The monoisotopic (exact) mass is 481 g/mol. The zero-order valence-corrected chi connectivity index (χ0v) is 19.4. The number of fused-ring (bicyclic) bond motifs is 1. The number of halogens is 1. The number of carboxylic acid groups (broad SMARTS) is 1. The average molecular weight is 482 g/mol. The molecule has 3 aromatic rings. The normalized spacial score (nSPS) is 19.9. The SMILES string of the molecule is Cc1[nH]c2c(-c3ccc(F)cc3OCC3CC3)ncnc2c1C(=O)N[C@H]1CC[C@H](NC(=O)O)CC1. The number of hydrogen-bond donors (Lipinski definition) is 4. The van der Waals surface area contributed by atoms with Crippen molar-refractivity contribution in [1.29, 1.82) is 0 Å². The van der Waals surface area contributed by atoms with Gasteiger partial charge in [0.25, 0.3) is 5.91 Å². The molecule has 35 heavy (non-hydrogen) atoms. The Morgan fingerprint density at radius 2 is 1.83 bits per heavy atom. The first-order chi connectivity index (χ1) is 16.9. The maximum atomic E-state index is 14.0. The van der Waals surface area contributed by atoms with E-state index in [1.807, 2.05) is 6.92 Å². The van der Waals surface area contributed by atoms with Crippen LogP contribution in [0.3, 0.4) is 0 Å². The minimum atomic E-state index is -1.02. The number of nitrogens with zero attached hydrogens (tertiary/aromatic N) is 2. The lowest BCUT2D eigenvalue weighted by Crippen LogP contribution is -2.43. The molecule has 2 aromatic heterocycles. The second-order valence-corrected chi connectivity index (χ2v) is 9.44. The molecule has 2 saturated carbocycles. The van der Waals surface area contributed by atoms with E-state index < -0.39 is 6.09 Å². The first-order valence-corrected chi connectivity index (χ1v) is 12.0. The summed E-state index contributed by atoms with van der Waals surface area (Å²) in [6.07, 6.45) is 5.34. The molecule has 4 N–H and O–H groups in total. The van der Waals surface area contributed by atoms with Gasteiger partial charge in [0.15, 0.2) is 0 Å². The van der Waals surface area contributed by atoms with Gasteiger partial charge in [-0.3, -0.25) is 4.79 Å². The number of H-pyrrole nitrogens is 1. The van der Waals surface area contributed by atoms with E-state index in [0.29, 0.717) is 77.5 Å². The van der Waals surface area contributed by atoms with E-state index >= 15 is 0 Å². The minimum Gasteiger partial charge on any atom is -0.492 e. The van der Waals surface area contributed by atoms with Gasteiger partial charge in [-0.15, -0.1) is 0 Å². The quantitative estimate of drug-likeness (QED) is 0.401. The molecule has 2 aliphatic carbocycles. The number of aryl methyl sites for hydroxylation is 1. The Bertz CT molecular complexity index is 1260. The predicted octanol–water partition coefficient (Wildman–Crippen LogP) is 4.17. The standard InChI is InChI=1S/C25H28FN5O4/c1-13-20(24(32)30-16-5-7-17(8-6-16)31-25(33)34)22-23(29-13)21(27-12-28-22)18-9-4-15(26)10-19(18)35-11-14-2-3-14/h4,9-10,12,14,16-17,29,31H,2-3,5-8,11H2,1H3,(H,30,32)(H,33,34)/t16-,17-. The highest BCUT2D eigenvalue weighted by atomic mass is 19.1. The summed E-state index contributed by atoms with van der Waals surface area (Å²) in [4.78, 5) is 36.2. The van der Waals surface area contributed by atoms with E-state index in [-0.39, 0.29) is 23.8 Å². The second-order valence-electron chi connectivity index (χ2n) is 9.44. The number of amides is 2. The Kier molecular flexibility index (Phi) is 6.27. The van der Waals surface area contributed by atoms with Gasteiger partial charge in [-0.1, -0.05) is 0 Å². The fourth-order valence-electron chi connectivity index (χ4n) is 4.72. The zero-order chi connectivity index (χ0) is 24.5. The molecule has 0 radical (unpaired) electrons. The number of aromatic amines is 1. The van der Waals surface area contributed by atoms with Crippen LogP contribution in [0.1, 0.15) is 54.6 Å². The second kappa shape index (κ2) is 9.52. The molecule has 10 heteroatoms. The smallest absolute Gasteiger partial charge is 0.404 e. The van der Waals surface area contributed by atoms with Gasteiger partial charge >= 0.3 is 6.09 Å². The van der Waals surface area contributed by atoms with Crippen molar-refractivity contribution >= 4 is 23.0 Å². The predicted molar refractivity (Wildman–Crippen MR) is 127 cm³/mol. The lowest BCUT2D eigenvalue weighted by atomic mass is 9.91. The summed E-state index contributed by atoms with van der Waals surface area (Å²) in [6.45, 7) is 2.34. The number of hydrogen-bond acceptors (Lipinski definition) is 5. The molecule has 2 amide bonds. The third kappa shape index (κ3) is 5.06. The van der Waals surface area contributed by atoms with Gasteiger partial charge in [0.2, 0.25) is 0 Å². The number of aromatic nitrogens is 3. The molecule has 2 fully saturated rings. The molecular weight excluding hydrogens is 453 g/mol. The van der Waals surface area contributed by atoms with E-state index in [4.69, 9.17) is 9.84 Å². The summed E-state index contributed by atoms with van der Waals surface area (Å²) < 4.78 is 19.9. The van der Waals surface area contributed by atoms with Crippen LogP contribution in [0.25, 0.3) is 22.3 Å². The highest BCUT2D eigenvalue weighted by Crippen LogP contribution is 2.36. The summed E-state index contributed by atoms with van der Waals surface area (Å²) in [7, 11) is 0. The van der Waals surface area contributed by atoms with Gasteiger partial charge in [-0.2, -0.15) is 0 Å². The Balaban J connectivity index is 1.39. The number of nitrogens with one attached hydrogen (secondary N) is 3. The molecule has 0 saturated heterocycles. The van der Waals surface area contributed by atoms with E-state index in [9.17, 15) is 14.0 Å². The van der Waals surface area contributed by atoms with Crippen LogP contribution in [0.2, 0.25) is 0 Å². The first-order valence-electron chi connectivity index (χ1n) is 12.0. The van der Waals surface area contributed by atoms with E-state index in [1.54, 1.807) is 6.07 Å². The van der Waals surface area contributed by atoms with Crippen molar-refractivity contribution in [2.24, 2.45) is 5.92 Å². The lowest BCUT2D eigenvalue weighted by Gasteiger charge is -2.28. The third-order valence-corrected chi connectivity index (χ3v) is 6.76. The number of ether oxygens (including phenoxy) is 1. The van der Waals surface area contributed by atoms with Crippen LogP contribution < -0.4 is 15.4 Å². The molecule has 5 rings (SSSR count). The van der Waals surface area contributed by atoms with Gasteiger partial charge in [0.1, 0.15) is 29.1 Å². The van der Waals surface area contributed by atoms with Crippen molar-refractivity contribution in [2.75, 3.05) is 6.61 Å². The Labute approximate surface area is 201 Å². The van der Waals surface area contributed by atoms with Gasteiger partial charge in [0.05, 0.1) is 17.7 Å². The number of carbonyl (C=O) groups excluding carboxylic acids is 1. The van der Waals surface area contributed by atoms with Crippen molar-refractivity contribution in [1.82, 2.24) is 25.6 Å². The summed E-state index contributed by atoms with van der Waals surface area (Å²) >= 11 is 0. The van der Waals surface area contributed by atoms with E-state index in [1.165, 1.54) is 18.5 Å². The van der Waals surface area contributed by atoms with Crippen molar-refractivity contribution in [2.45, 2.75) is 57.5 Å². The van der Waals surface area contributed by atoms with Crippen LogP contribution in [-0.4, -0.2) is 50.7 Å².